The lowest BCUT2D eigenvalue weighted by Crippen LogP contribution is -2.46. The molecule has 3 amide bonds. The summed E-state index contributed by atoms with van der Waals surface area (Å²) >= 11 is 6.14. The molecular weight excluding hydrogens is 560 g/mol. The van der Waals surface area contributed by atoms with Crippen LogP contribution >= 0.6 is 11.6 Å². The first kappa shape index (κ1) is 28.1. The third-order valence-corrected chi connectivity index (χ3v) is 8.45. The minimum atomic E-state index is -0.932. The number of rotatable bonds is 7. The van der Waals surface area contributed by atoms with Crippen molar-refractivity contribution < 1.29 is 24.2 Å². The van der Waals surface area contributed by atoms with Crippen molar-refractivity contribution in [1.29, 1.82) is 0 Å². The molecule has 0 radical (unpaired) electrons. The summed E-state index contributed by atoms with van der Waals surface area (Å²) in [5, 5.41) is 13.8. The second-order valence-electron chi connectivity index (χ2n) is 10.9. The fourth-order valence-electron chi connectivity index (χ4n) is 5.63. The van der Waals surface area contributed by atoms with Crippen LogP contribution in [0.3, 0.4) is 0 Å². The highest BCUT2D eigenvalue weighted by Gasteiger charge is 2.41. The van der Waals surface area contributed by atoms with Crippen LogP contribution in [-0.4, -0.2) is 93.7 Å². The van der Waals surface area contributed by atoms with E-state index in [9.17, 15) is 19.5 Å². The van der Waals surface area contributed by atoms with E-state index < -0.39 is 12.0 Å². The highest BCUT2D eigenvalue weighted by Crippen LogP contribution is 2.32. The van der Waals surface area contributed by atoms with Gasteiger partial charge in [0, 0.05) is 22.8 Å². The second-order valence-corrected chi connectivity index (χ2v) is 11.3. The topological polar surface area (TPSA) is 140 Å². The maximum absolute atomic E-state index is 13.3. The van der Waals surface area contributed by atoms with Gasteiger partial charge in [0.25, 0.3) is 11.8 Å². The predicted molar refractivity (Wildman–Crippen MR) is 157 cm³/mol. The number of halogens is 1. The van der Waals surface area contributed by atoms with Gasteiger partial charge in [0.05, 0.1) is 34.4 Å². The molecule has 6 rings (SSSR count). The van der Waals surface area contributed by atoms with Crippen molar-refractivity contribution in [3.05, 3.63) is 70.1 Å². The first-order chi connectivity index (χ1) is 20.2. The third-order valence-electron chi connectivity index (χ3n) is 8.04. The maximum atomic E-state index is 13.3. The van der Waals surface area contributed by atoms with Gasteiger partial charge in [-0.25, -0.2) is 4.98 Å². The lowest BCUT2D eigenvalue weighted by molar-refractivity contribution is -0.120. The Hall–Kier alpha value is -4.06. The van der Waals surface area contributed by atoms with Gasteiger partial charge < -0.3 is 25.0 Å². The standard InChI is InChI=1S/C30H31ClN6O5/c1-16-21(31)4-3-5-25(16)42-15-18(38)14-33-22-6-9-32-28(39)26(22)27-34-23-12-19-20(13-24(23)35-27)30(41)37(29(19)40)17-7-10-36(2)11-8-17/h3-6,9,12-13,17-18,26,38H,7-8,10-11,14-15H2,1-2H3,(H,32,39)(H,34,35). The predicted octanol–water partition coefficient (Wildman–Crippen LogP) is 2.82. The van der Waals surface area contributed by atoms with Gasteiger partial charge in [-0.3, -0.25) is 24.3 Å². The molecule has 0 aliphatic carbocycles. The van der Waals surface area contributed by atoms with Crippen LogP contribution in [0.5, 0.6) is 5.75 Å². The molecule has 2 atom stereocenters. The minimum absolute atomic E-state index is 0.00656. The number of hydrogen-bond donors (Lipinski definition) is 3. The normalized spacial score (nSPS) is 21.3. The number of ether oxygens (including phenoxy) is 1. The Morgan fingerprint density at radius 3 is 2.67 bits per heavy atom. The summed E-state index contributed by atoms with van der Waals surface area (Å²) in [6.07, 6.45) is 3.70. The van der Waals surface area contributed by atoms with Gasteiger partial charge in [-0.05, 0) is 70.2 Å². The number of allylic oxidation sites excluding steroid dienone is 1. The lowest BCUT2D eigenvalue weighted by Gasteiger charge is -2.33. The van der Waals surface area contributed by atoms with Gasteiger partial charge in [-0.2, -0.15) is 0 Å². The number of imide groups is 1. The number of benzene rings is 2. The molecule has 3 aliphatic rings. The number of amides is 3. The number of aliphatic imine (C=N–C) groups is 1. The number of carbonyl (C=O) groups is 3. The van der Waals surface area contributed by atoms with Gasteiger partial charge in [-0.1, -0.05) is 17.7 Å². The number of aliphatic hydroxyl groups excluding tert-OH is 1. The Balaban J connectivity index is 1.20. The smallest absolute Gasteiger partial charge is 0.261 e. The molecule has 12 heteroatoms. The number of hydrogen-bond acceptors (Lipinski definition) is 8. The van der Waals surface area contributed by atoms with Crippen LogP contribution in [0.25, 0.3) is 11.0 Å². The molecular formula is C30H31ClN6O5. The van der Waals surface area contributed by atoms with E-state index in [2.05, 4.69) is 25.2 Å². The highest BCUT2D eigenvalue weighted by molar-refractivity contribution is 6.31. The summed E-state index contributed by atoms with van der Waals surface area (Å²) in [5.74, 6) is -0.925. The SMILES string of the molecule is Cc1c(Cl)cccc1OCC(O)CN=C1C=CNC(=O)C1c1nc2cc3c(cc2[nH]1)C(=O)N(C1CCN(C)CC1)C3=O. The van der Waals surface area contributed by atoms with Gasteiger partial charge in [0.1, 0.15) is 30.2 Å². The number of nitrogens with zero attached hydrogens (tertiary/aromatic N) is 4. The van der Waals surface area contributed by atoms with Crippen molar-refractivity contribution in [3.8, 4) is 5.75 Å². The van der Waals surface area contributed by atoms with Gasteiger partial charge in [-0.15, -0.1) is 0 Å². The number of aromatic nitrogens is 2. The molecule has 3 aliphatic heterocycles. The molecule has 11 nitrogen and oxygen atoms in total. The monoisotopic (exact) mass is 590 g/mol. The highest BCUT2D eigenvalue weighted by atomic mass is 35.5. The Bertz CT molecular complexity index is 1590. The molecule has 2 unspecified atom stereocenters. The van der Waals surface area contributed by atoms with Crippen LogP contribution in [0, 0.1) is 6.92 Å². The number of aromatic amines is 1. The molecule has 4 heterocycles. The number of carbonyl (C=O) groups excluding carboxylic acids is 3. The number of aliphatic hydroxyl groups is 1. The van der Waals surface area contributed by atoms with Crippen molar-refractivity contribution in [3.63, 3.8) is 0 Å². The number of fused-ring (bicyclic) bond motifs is 2. The fourth-order valence-corrected chi connectivity index (χ4v) is 5.79. The van der Waals surface area contributed by atoms with Crippen LogP contribution < -0.4 is 10.1 Å². The van der Waals surface area contributed by atoms with E-state index in [1.54, 1.807) is 36.4 Å². The molecule has 3 N–H and O–H groups in total. The van der Waals surface area contributed by atoms with E-state index in [0.29, 0.717) is 44.5 Å². The average molecular weight is 591 g/mol. The van der Waals surface area contributed by atoms with Gasteiger partial charge in [0.15, 0.2) is 0 Å². The summed E-state index contributed by atoms with van der Waals surface area (Å²) in [6, 6.07) is 8.44. The summed E-state index contributed by atoms with van der Waals surface area (Å²) in [6.45, 7) is 3.48. The molecule has 0 spiro atoms. The van der Waals surface area contributed by atoms with Crippen molar-refractivity contribution in [2.24, 2.45) is 4.99 Å². The number of imidazole rings is 1. The van der Waals surface area contributed by atoms with E-state index in [4.69, 9.17) is 16.3 Å². The fraction of sp³-hybridized carbons (Fsp3) is 0.367. The van der Waals surface area contributed by atoms with Crippen LogP contribution in [0.1, 0.15) is 50.9 Å². The summed E-state index contributed by atoms with van der Waals surface area (Å²) in [5.41, 5.74) is 2.86. The minimum Gasteiger partial charge on any atom is -0.490 e. The van der Waals surface area contributed by atoms with Crippen LogP contribution in [-0.2, 0) is 4.79 Å². The van der Waals surface area contributed by atoms with Crippen LogP contribution in [0.4, 0.5) is 0 Å². The lowest BCUT2D eigenvalue weighted by atomic mass is 9.99. The first-order valence-corrected chi connectivity index (χ1v) is 14.3. The molecule has 0 saturated carbocycles. The van der Waals surface area contributed by atoms with Crippen LogP contribution in [0.15, 0.2) is 47.6 Å². The Labute approximate surface area is 247 Å². The largest absolute Gasteiger partial charge is 0.490 e. The van der Waals surface area contributed by atoms with E-state index >= 15 is 0 Å². The van der Waals surface area contributed by atoms with E-state index in [0.717, 1.165) is 31.5 Å². The first-order valence-electron chi connectivity index (χ1n) is 13.9. The van der Waals surface area contributed by atoms with Crippen molar-refractivity contribution in [2.75, 3.05) is 33.3 Å². The zero-order valence-corrected chi connectivity index (χ0v) is 24.0. The molecule has 1 fully saturated rings. The Kier molecular flexibility index (Phi) is 7.56. The third kappa shape index (κ3) is 5.19. The van der Waals surface area contributed by atoms with Crippen LogP contribution in [0.2, 0.25) is 5.02 Å². The molecule has 0 bridgehead atoms. The number of nitrogens with one attached hydrogen (secondary N) is 2. The van der Waals surface area contributed by atoms with E-state index in [1.807, 2.05) is 14.0 Å². The summed E-state index contributed by atoms with van der Waals surface area (Å²) in [7, 11) is 2.03. The Morgan fingerprint density at radius 2 is 1.90 bits per heavy atom. The number of piperidine rings is 1. The van der Waals surface area contributed by atoms with Gasteiger partial charge >= 0.3 is 0 Å². The average Bonchev–Trinajstić information content (AvgIpc) is 3.49. The van der Waals surface area contributed by atoms with E-state index in [-0.39, 0.29) is 36.9 Å². The molecule has 218 valence electrons. The molecule has 3 aromatic rings. The van der Waals surface area contributed by atoms with Crippen molar-refractivity contribution in [1.82, 2.24) is 25.1 Å². The molecule has 1 aromatic heterocycles. The second kappa shape index (κ2) is 11.3. The Morgan fingerprint density at radius 1 is 1.17 bits per heavy atom. The molecule has 2 aromatic carbocycles. The van der Waals surface area contributed by atoms with Crippen molar-refractivity contribution in [2.45, 2.75) is 37.8 Å². The van der Waals surface area contributed by atoms with Gasteiger partial charge in [0.2, 0.25) is 5.91 Å². The zero-order chi connectivity index (χ0) is 29.5. The number of likely N-dealkylation sites (tertiary alicyclic amines) is 1. The molecule has 42 heavy (non-hydrogen) atoms. The maximum Gasteiger partial charge on any atom is 0.261 e. The quantitative estimate of drug-likeness (QED) is 0.359. The molecule has 1 saturated heterocycles. The zero-order valence-electron chi connectivity index (χ0n) is 23.3. The summed E-state index contributed by atoms with van der Waals surface area (Å²) in [4.78, 5) is 55.4. The van der Waals surface area contributed by atoms with Crippen molar-refractivity contribution >= 4 is 46.1 Å². The number of H-pyrrole nitrogens is 1. The summed E-state index contributed by atoms with van der Waals surface area (Å²) < 4.78 is 5.72. The van der Waals surface area contributed by atoms with E-state index in [1.165, 1.54) is 11.1 Å².